The van der Waals surface area contributed by atoms with Gasteiger partial charge in [-0.1, -0.05) is 125 Å². The molecule has 0 rings (SSSR count). The van der Waals surface area contributed by atoms with Crippen molar-refractivity contribution in [2.75, 3.05) is 0 Å². The maximum Gasteiger partial charge on any atom is 0.466 e. The molecule has 0 saturated carbocycles. The van der Waals surface area contributed by atoms with E-state index in [2.05, 4.69) is 34.6 Å². The lowest BCUT2D eigenvalue weighted by Crippen LogP contribution is -2.02. The van der Waals surface area contributed by atoms with Crippen LogP contribution in [0, 0.1) is 17.8 Å². The molecule has 0 fully saturated rings. The summed E-state index contributed by atoms with van der Waals surface area (Å²) in [7, 11) is -4.64. The van der Waals surface area contributed by atoms with E-state index in [1.165, 1.54) is 89.9 Å². The quantitative estimate of drug-likeness (QED) is 0.183. The first-order valence-corrected chi connectivity index (χ1v) is 12.9. The average molecular weight is 409 g/mol. The van der Waals surface area contributed by atoms with Crippen LogP contribution in [0.3, 0.4) is 0 Å². The third-order valence-corrected chi connectivity index (χ3v) is 5.00. The first-order valence-electron chi connectivity index (χ1n) is 11.3. The molecule has 0 saturated heterocycles. The largest absolute Gasteiger partial charge is 0.466 e. The normalized spacial score (nSPS) is 12.0. The molecule has 166 valence electrons. The maximum atomic E-state index is 8.88. The molecule has 0 atom stereocenters. The minimum Gasteiger partial charge on any atom is -0.303 e. The Morgan fingerprint density at radius 2 is 0.889 bits per heavy atom. The van der Waals surface area contributed by atoms with Crippen LogP contribution in [0.2, 0.25) is 0 Å². The molecular weight excluding hydrogens is 359 g/mol. The molecule has 0 aromatic heterocycles. The number of hydrogen-bond donors (Lipinski definition) is 3. The van der Waals surface area contributed by atoms with Crippen LogP contribution in [0.15, 0.2) is 0 Å². The molecule has 4 nitrogen and oxygen atoms in total. The molecule has 0 spiro atoms. The molecule has 0 radical (unpaired) electrons. The van der Waals surface area contributed by atoms with Gasteiger partial charge in [-0.3, -0.25) is 0 Å². The van der Waals surface area contributed by atoms with Crippen molar-refractivity contribution in [3.8, 4) is 0 Å². The molecule has 0 aliphatic carbocycles. The highest BCUT2D eigenvalue weighted by Gasteiger charge is 2.08. The molecule has 0 bridgehead atoms. The summed E-state index contributed by atoms with van der Waals surface area (Å²) in [5.41, 5.74) is 0. The van der Waals surface area contributed by atoms with Crippen molar-refractivity contribution in [2.45, 2.75) is 125 Å². The van der Waals surface area contributed by atoms with Gasteiger partial charge < -0.3 is 14.7 Å². The Labute approximate surface area is 169 Å². The van der Waals surface area contributed by atoms with E-state index in [4.69, 9.17) is 19.2 Å². The summed E-state index contributed by atoms with van der Waals surface area (Å²) < 4.78 is 8.88. The van der Waals surface area contributed by atoms with Gasteiger partial charge >= 0.3 is 7.82 Å². The molecule has 0 aliphatic heterocycles. The molecule has 0 amide bonds. The lowest BCUT2D eigenvalue weighted by Gasteiger charge is -2.17. The minimum atomic E-state index is -4.64. The first kappa shape index (κ1) is 29.3. The molecule has 3 N–H and O–H groups in total. The topological polar surface area (TPSA) is 77.8 Å². The van der Waals surface area contributed by atoms with Crippen LogP contribution in [0.4, 0.5) is 0 Å². The number of rotatable bonds is 16. The molecule has 0 aliphatic rings. The van der Waals surface area contributed by atoms with Crippen LogP contribution in [0.25, 0.3) is 0 Å². The van der Waals surface area contributed by atoms with Crippen LogP contribution in [-0.4, -0.2) is 14.7 Å². The third kappa shape index (κ3) is 34.1. The lowest BCUT2D eigenvalue weighted by atomic mass is 9.89. The summed E-state index contributed by atoms with van der Waals surface area (Å²) in [6.07, 6.45) is 20.5. The summed E-state index contributed by atoms with van der Waals surface area (Å²) >= 11 is 0. The van der Waals surface area contributed by atoms with E-state index in [-0.39, 0.29) is 0 Å². The summed E-state index contributed by atoms with van der Waals surface area (Å²) in [5.74, 6) is 2.81. The lowest BCUT2D eigenvalue weighted by molar-refractivity contribution is 0.275. The Balaban J connectivity index is 0. The van der Waals surface area contributed by atoms with E-state index in [1.807, 2.05) is 0 Å². The fraction of sp³-hybridized carbons (Fsp3) is 1.00. The van der Waals surface area contributed by atoms with Gasteiger partial charge in [-0.15, -0.1) is 0 Å². The Bertz CT molecular complexity index is 313. The highest BCUT2D eigenvalue weighted by atomic mass is 31.2. The zero-order chi connectivity index (χ0) is 21.1. The Hall–Kier alpha value is 0.110. The summed E-state index contributed by atoms with van der Waals surface area (Å²) in [6.45, 7) is 11.7. The van der Waals surface area contributed by atoms with Gasteiger partial charge in [0.1, 0.15) is 0 Å². The smallest absolute Gasteiger partial charge is 0.303 e. The van der Waals surface area contributed by atoms with Crippen LogP contribution in [0.5, 0.6) is 0 Å². The van der Waals surface area contributed by atoms with Gasteiger partial charge in [-0.05, 0) is 17.8 Å². The molecule has 0 aromatic rings. The maximum absolute atomic E-state index is 8.88. The molecule has 5 heteroatoms. The summed E-state index contributed by atoms with van der Waals surface area (Å²) in [5, 5.41) is 0. The molecule has 27 heavy (non-hydrogen) atoms. The molecule has 0 aromatic carbocycles. The minimum absolute atomic E-state index is 0.890. The number of unbranched alkanes of at least 4 members (excludes halogenated alkanes) is 6. The standard InChI is InChI=1S/C22H46.H3O4P/c1-6-7-10-17-22(18-13-8-11-15-20(2)3)19-14-9-12-16-21(4)5;1-5(2,3)4/h20-22H,6-19H2,1-5H3;(H3,1,2,3,4). The van der Waals surface area contributed by atoms with E-state index < -0.39 is 7.82 Å². The molecule has 0 unspecified atom stereocenters. The SMILES string of the molecule is CCCCCC(CCCCCC(C)C)CCCCCC(C)C.O=P(O)(O)O. The monoisotopic (exact) mass is 408 g/mol. The van der Waals surface area contributed by atoms with Gasteiger partial charge in [0.05, 0.1) is 0 Å². The van der Waals surface area contributed by atoms with E-state index in [1.54, 1.807) is 0 Å². The van der Waals surface area contributed by atoms with Crippen molar-refractivity contribution < 1.29 is 19.2 Å². The predicted molar refractivity (Wildman–Crippen MR) is 118 cm³/mol. The zero-order valence-electron chi connectivity index (χ0n) is 18.8. The van der Waals surface area contributed by atoms with Crippen LogP contribution in [0.1, 0.15) is 125 Å². The van der Waals surface area contributed by atoms with E-state index in [0.717, 1.165) is 17.8 Å². The molecule has 0 heterocycles. The van der Waals surface area contributed by atoms with Gasteiger partial charge in [0, 0.05) is 0 Å². The summed E-state index contributed by atoms with van der Waals surface area (Å²) in [4.78, 5) is 21.6. The van der Waals surface area contributed by atoms with Gasteiger partial charge in [-0.2, -0.15) is 0 Å². The Kier molecular flexibility index (Phi) is 21.1. The molecular formula is C22H49O4P. The van der Waals surface area contributed by atoms with Crippen molar-refractivity contribution in [3.05, 3.63) is 0 Å². The third-order valence-electron chi connectivity index (χ3n) is 5.00. The van der Waals surface area contributed by atoms with E-state index in [9.17, 15) is 0 Å². The van der Waals surface area contributed by atoms with E-state index in [0.29, 0.717) is 0 Å². The van der Waals surface area contributed by atoms with Crippen molar-refractivity contribution in [1.29, 1.82) is 0 Å². The number of phosphoric acid groups is 1. The second kappa shape index (κ2) is 19.4. The number of hydrogen-bond acceptors (Lipinski definition) is 1. The van der Waals surface area contributed by atoms with Crippen molar-refractivity contribution in [2.24, 2.45) is 17.8 Å². The second-order valence-electron chi connectivity index (χ2n) is 8.94. The average Bonchev–Trinajstić information content (AvgIpc) is 2.51. The van der Waals surface area contributed by atoms with Crippen LogP contribution >= 0.6 is 7.82 Å². The fourth-order valence-corrected chi connectivity index (χ4v) is 3.44. The fourth-order valence-electron chi connectivity index (χ4n) is 3.44. The Morgan fingerprint density at radius 1 is 0.593 bits per heavy atom. The van der Waals surface area contributed by atoms with Crippen LogP contribution < -0.4 is 0 Å². The predicted octanol–water partition coefficient (Wildman–Crippen LogP) is 7.47. The first-order chi connectivity index (χ1) is 12.6. The van der Waals surface area contributed by atoms with Gasteiger partial charge in [-0.25, -0.2) is 4.57 Å². The Morgan fingerprint density at radius 3 is 1.19 bits per heavy atom. The van der Waals surface area contributed by atoms with Crippen molar-refractivity contribution in [3.63, 3.8) is 0 Å². The highest BCUT2D eigenvalue weighted by molar-refractivity contribution is 7.45. The van der Waals surface area contributed by atoms with E-state index >= 15 is 0 Å². The summed E-state index contributed by atoms with van der Waals surface area (Å²) in [6, 6.07) is 0. The van der Waals surface area contributed by atoms with Crippen molar-refractivity contribution >= 4 is 7.82 Å². The van der Waals surface area contributed by atoms with Gasteiger partial charge in [0.2, 0.25) is 0 Å². The second-order valence-corrected chi connectivity index (χ2v) is 9.97. The highest BCUT2D eigenvalue weighted by Crippen LogP contribution is 2.26. The zero-order valence-corrected chi connectivity index (χ0v) is 19.7. The van der Waals surface area contributed by atoms with Crippen molar-refractivity contribution in [1.82, 2.24) is 0 Å². The van der Waals surface area contributed by atoms with Gasteiger partial charge in [0.15, 0.2) is 0 Å². The van der Waals surface area contributed by atoms with Gasteiger partial charge in [0.25, 0.3) is 0 Å². The van der Waals surface area contributed by atoms with Crippen LogP contribution in [-0.2, 0) is 4.57 Å².